The second kappa shape index (κ2) is 7.95. The molecule has 3 amide bonds. The first-order valence-electron chi connectivity index (χ1n) is 8.96. The van der Waals surface area contributed by atoms with Gasteiger partial charge in [-0.05, 0) is 56.7 Å². The fourth-order valence-corrected chi connectivity index (χ4v) is 2.99. The predicted octanol–water partition coefficient (Wildman–Crippen LogP) is 4.19. The molecule has 6 heteroatoms. The van der Waals surface area contributed by atoms with Gasteiger partial charge < -0.3 is 20.9 Å². The van der Waals surface area contributed by atoms with Crippen LogP contribution in [0.25, 0.3) is 10.9 Å². The number of hydrogen-bond donors (Lipinski definition) is 4. The molecule has 0 atom stereocenters. The number of urea groups is 1. The highest BCUT2D eigenvalue weighted by Gasteiger charge is 2.12. The monoisotopic (exact) mass is 364 g/mol. The molecule has 27 heavy (non-hydrogen) atoms. The molecule has 0 unspecified atom stereocenters. The molecule has 0 spiro atoms. The van der Waals surface area contributed by atoms with Crippen LogP contribution in [0.1, 0.15) is 25.1 Å². The number of carbonyl (C=O) groups is 2. The lowest BCUT2D eigenvalue weighted by atomic mass is 10.1. The molecule has 0 bridgehead atoms. The van der Waals surface area contributed by atoms with Gasteiger partial charge in [-0.15, -0.1) is 0 Å². The number of amides is 3. The van der Waals surface area contributed by atoms with Crippen LogP contribution >= 0.6 is 0 Å². The van der Waals surface area contributed by atoms with Crippen LogP contribution < -0.4 is 16.0 Å². The second-order valence-electron chi connectivity index (χ2n) is 6.83. The van der Waals surface area contributed by atoms with E-state index in [4.69, 9.17) is 0 Å². The quantitative estimate of drug-likeness (QED) is 0.547. The summed E-state index contributed by atoms with van der Waals surface area (Å²) in [7, 11) is 0. The zero-order chi connectivity index (χ0) is 19.4. The maximum Gasteiger partial charge on any atom is 0.319 e. The average Bonchev–Trinajstić information content (AvgIpc) is 2.91. The number of rotatable bonds is 5. The molecule has 2 aromatic carbocycles. The summed E-state index contributed by atoms with van der Waals surface area (Å²) in [5.41, 5.74) is 4.40. The van der Waals surface area contributed by atoms with E-state index in [2.05, 4.69) is 20.9 Å². The van der Waals surface area contributed by atoms with Crippen molar-refractivity contribution in [3.63, 3.8) is 0 Å². The Morgan fingerprint density at radius 3 is 2.26 bits per heavy atom. The lowest BCUT2D eigenvalue weighted by Crippen LogP contribution is -2.34. The topological polar surface area (TPSA) is 86.0 Å². The second-order valence-corrected chi connectivity index (χ2v) is 6.83. The first-order valence-corrected chi connectivity index (χ1v) is 8.96. The Hall–Kier alpha value is -3.28. The summed E-state index contributed by atoms with van der Waals surface area (Å²) in [4.78, 5) is 27.5. The number of aromatic nitrogens is 1. The average molecular weight is 364 g/mol. The summed E-state index contributed by atoms with van der Waals surface area (Å²) < 4.78 is 0. The van der Waals surface area contributed by atoms with Crippen molar-refractivity contribution in [1.82, 2.24) is 10.3 Å². The maximum absolute atomic E-state index is 12.5. The highest BCUT2D eigenvalue weighted by molar-refractivity contribution is 5.96. The SMILES string of the molecule is Cc1[nH]c2ccccc2c1CC(=O)Nc1ccc(NC(=O)NC(C)C)cc1. The van der Waals surface area contributed by atoms with Crippen LogP contribution in [0.3, 0.4) is 0 Å². The summed E-state index contributed by atoms with van der Waals surface area (Å²) >= 11 is 0. The third-order valence-electron chi connectivity index (χ3n) is 4.21. The lowest BCUT2D eigenvalue weighted by molar-refractivity contribution is -0.115. The van der Waals surface area contributed by atoms with Crippen molar-refractivity contribution in [2.45, 2.75) is 33.2 Å². The zero-order valence-electron chi connectivity index (χ0n) is 15.7. The van der Waals surface area contributed by atoms with Gasteiger partial charge in [0.25, 0.3) is 0 Å². The molecule has 4 N–H and O–H groups in total. The van der Waals surface area contributed by atoms with Crippen LogP contribution in [0, 0.1) is 6.92 Å². The number of hydrogen-bond acceptors (Lipinski definition) is 2. The van der Waals surface area contributed by atoms with E-state index in [0.717, 1.165) is 22.2 Å². The minimum absolute atomic E-state index is 0.0662. The number of H-pyrrole nitrogens is 1. The van der Waals surface area contributed by atoms with E-state index in [-0.39, 0.29) is 18.0 Å². The molecule has 0 fully saturated rings. The van der Waals surface area contributed by atoms with Crippen LogP contribution in [0.2, 0.25) is 0 Å². The molecule has 1 aromatic heterocycles. The molecule has 0 aliphatic carbocycles. The largest absolute Gasteiger partial charge is 0.358 e. The van der Waals surface area contributed by atoms with Crippen molar-refractivity contribution in [3.8, 4) is 0 Å². The van der Waals surface area contributed by atoms with Gasteiger partial charge in [0.05, 0.1) is 6.42 Å². The van der Waals surface area contributed by atoms with E-state index >= 15 is 0 Å². The van der Waals surface area contributed by atoms with Crippen molar-refractivity contribution in [2.24, 2.45) is 0 Å². The van der Waals surface area contributed by atoms with E-state index in [1.165, 1.54) is 0 Å². The Bertz CT molecular complexity index is 958. The number of fused-ring (bicyclic) bond motifs is 1. The molecule has 3 aromatic rings. The summed E-state index contributed by atoms with van der Waals surface area (Å²) in [6.45, 7) is 5.77. The number of carbonyl (C=O) groups excluding carboxylic acids is 2. The van der Waals surface area contributed by atoms with Gasteiger partial charge in [0.1, 0.15) is 0 Å². The first-order chi connectivity index (χ1) is 12.9. The van der Waals surface area contributed by atoms with Crippen molar-refractivity contribution in [1.29, 1.82) is 0 Å². The van der Waals surface area contributed by atoms with Gasteiger partial charge in [-0.25, -0.2) is 4.79 Å². The van der Waals surface area contributed by atoms with Crippen molar-refractivity contribution < 1.29 is 9.59 Å². The van der Waals surface area contributed by atoms with Gasteiger partial charge in [-0.1, -0.05) is 18.2 Å². The number of aromatic amines is 1. The van der Waals surface area contributed by atoms with Gasteiger partial charge in [-0.2, -0.15) is 0 Å². The van der Waals surface area contributed by atoms with Gasteiger partial charge >= 0.3 is 6.03 Å². The van der Waals surface area contributed by atoms with Crippen LogP contribution in [-0.4, -0.2) is 23.0 Å². The van der Waals surface area contributed by atoms with Gasteiger partial charge in [0.15, 0.2) is 0 Å². The van der Waals surface area contributed by atoms with Crippen molar-refractivity contribution >= 4 is 34.2 Å². The summed E-state index contributed by atoms with van der Waals surface area (Å²) in [6, 6.07) is 14.8. The number of para-hydroxylation sites is 1. The summed E-state index contributed by atoms with van der Waals surface area (Å²) in [5, 5.41) is 9.48. The molecule has 0 saturated heterocycles. The van der Waals surface area contributed by atoms with Gasteiger partial charge in [0, 0.05) is 34.0 Å². The smallest absolute Gasteiger partial charge is 0.319 e. The lowest BCUT2D eigenvalue weighted by Gasteiger charge is -2.11. The molecule has 0 aliphatic heterocycles. The number of benzene rings is 2. The zero-order valence-corrected chi connectivity index (χ0v) is 15.7. The minimum Gasteiger partial charge on any atom is -0.358 e. The summed E-state index contributed by atoms with van der Waals surface area (Å²) in [5.74, 6) is -0.0823. The Morgan fingerprint density at radius 1 is 0.963 bits per heavy atom. The fourth-order valence-electron chi connectivity index (χ4n) is 2.99. The molecular formula is C21H24N4O2. The number of anilines is 2. The van der Waals surface area contributed by atoms with Crippen LogP contribution in [-0.2, 0) is 11.2 Å². The molecule has 1 heterocycles. The molecule has 3 rings (SSSR count). The normalized spacial score (nSPS) is 10.8. The molecule has 0 radical (unpaired) electrons. The number of aryl methyl sites for hydroxylation is 1. The summed E-state index contributed by atoms with van der Waals surface area (Å²) in [6.07, 6.45) is 0.298. The van der Waals surface area contributed by atoms with E-state index in [0.29, 0.717) is 17.8 Å². The van der Waals surface area contributed by atoms with Gasteiger partial charge in [0.2, 0.25) is 5.91 Å². The molecule has 140 valence electrons. The Balaban J connectivity index is 1.62. The van der Waals surface area contributed by atoms with Crippen LogP contribution in [0.4, 0.5) is 16.2 Å². The molecule has 0 aliphatic rings. The van der Waals surface area contributed by atoms with Crippen LogP contribution in [0.15, 0.2) is 48.5 Å². The minimum atomic E-state index is -0.253. The van der Waals surface area contributed by atoms with E-state index in [9.17, 15) is 9.59 Å². The highest BCUT2D eigenvalue weighted by atomic mass is 16.2. The highest BCUT2D eigenvalue weighted by Crippen LogP contribution is 2.23. The van der Waals surface area contributed by atoms with Crippen LogP contribution in [0.5, 0.6) is 0 Å². The van der Waals surface area contributed by atoms with Gasteiger partial charge in [-0.3, -0.25) is 4.79 Å². The predicted molar refractivity (Wildman–Crippen MR) is 109 cm³/mol. The van der Waals surface area contributed by atoms with Crippen molar-refractivity contribution in [3.05, 3.63) is 59.8 Å². The standard InChI is InChI=1S/C21H24N4O2/c1-13(2)22-21(27)25-16-10-8-15(9-11-16)24-20(26)12-18-14(3)23-19-7-5-4-6-17(18)19/h4-11,13,23H,12H2,1-3H3,(H,24,26)(H2,22,25,27). The Morgan fingerprint density at radius 2 is 1.59 bits per heavy atom. The Labute approximate surface area is 158 Å². The Kier molecular flexibility index (Phi) is 5.45. The fraction of sp³-hybridized carbons (Fsp3) is 0.238. The maximum atomic E-state index is 12.5. The molecule has 0 saturated carbocycles. The third-order valence-corrected chi connectivity index (χ3v) is 4.21. The van der Waals surface area contributed by atoms with E-state index in [1.54, 1.807) is 24.3 Å². The third kappa shape index (κ3) is 4.67. The number of nitrogens with one attached hydrogen (secondary N) is 4. The molecule has 6 nitrogen and oxygen atoms in total. The first kappa shape index (κ1) is 18.5. The van der Waals surface area contributed by atoms with Crippen molar-refractivity contribution in [2.75, 3.05) is 10.6 Å². The van der Waals surface area contributed by atoms with E-state index in [1.807, 2.05) is 45.0 Å². The molecular weight excluding hydrogens is 340 g/mol. The van der Waals surface area contributed by atoms with E-state index < -0.39 is 0 Å².